The molecular formula is C21H23N3O2. The number of aryl methyl sites for hydroxylation is 1. The van der Waals surface area contributed by atoms with Crippen molar-refractivity contribution in [2.45, 2.75) is 32.7 Å². The maximum Gasteiger partial charge on any atom is 0.262 e. The van der Waals surface area contributed by atoms with Crippen LogP contribution in [0.15, 0.2) is 46.4 Å². The Morgan fingerprint density at radius 3 is 2.54 bits per heavy atom. The molecule has 134 valence electrons. The minimum Gasteiger partial charge on any atom is -0.465 e. The van der Waals surface area contributed by atoms with Gasteiger partial charge in [-0.05, 0) is 62.1 Å². The zero-order valence-corrected chi connectivity index (χ0v) is 15.0. The van der Waals surface area contributed by atoms with Gasteiger partial charge in [-0.15, -0.1) is 0 Å². The second-order valence-electron chi connectivity index (χ2n) is 6.50. The zero-order chi connectivity index (χ0) is 18.4. The first kappa shape index (κ1) is 17.8. The van der Waals surface area contributed by atoms with Gasteiger partial charge in [0.25, 0.3) is 5.91 Å². The average Bonchev–Trinajstić information content (AvgIpc) is 3.10. The van der Waals surface area contributed by atoms with Gasteiger partial charge in [-0.1, -0.05) is 12.1 Å². The number of furan rings is 1. The summed E-state index contributed by atoms with van der Waals surface area (Å²) in [6.45, 7) is 4.29. The van der Waals surface area contributed by atoms with Crippen molar-refractivity contribution in [1.29, 1.82) is 5.26 Å². The number of piperidine rings is 1. The topological polar surface area (TPSA) is 69.3 Å². The summed E-state index contributed by atoms with van der Waals surface area (Å²) in [4.78, 5) is 14.6. The Labute approximate surface area is 153 Å². The van der Waals surface area contributed by atoms with Crippen molar-refractivity contribution in [2.75, 3.05) is 18.0 Å². The fourth-order valence-electron chi connectivity index (χ4n) is 3.09. The van der Waals surface area contributed by atoms with Gasteiger partial charge in [0.2, 0.25) is 0 Å². The molecule has 1 aromatic heterocycles. The summed E-state index contributed by atoms with van der Waals surface area (Å²) in [6, 6.07) is 13.6. The summed E-state index contributed by atoms with van der Waals surface area (Å²) < 4.78 is 5.41. The molecule has 0 saturated carbocycles. The molecule has 5 heteroatoms. The number of carbonyl (C=O) groups is 1. The summed E-state index contributed by atoms with van der Waals surface area (Å²) in [5, 5.41) is 12.0. The van der Waals surface area contributed by atoms with Crippen molar-refractivity contribution < 1.29 is 9.21 Å². The van der Waals surface area contributed by atoms with Crippen molar-refractivity contribution in [2.24, 2.45) is 0 Å². The molecule has 0 radical (unpaired) electrons. The van der Waals surface area contributed by atoms with Crippen molar-refractivity contribution in [3.63, 3.8) is 0 Å². The summed E-state index contributed by atoms with van der Waals surface area (Å²) in [5.41, 5.74) is 2.11. The first-order valence-corrected chi connectivity index (χ1v) is 8.96. The SMILES string of the molecule is Cc1ccc(CNC(=O)C(C#N)=Cc2ccc(N3CCCCC3)cc2)o1. The van der Waals surface area contributed by atoms with Gasteiger partial charge in [0, 0.05) is 18.8 Å². The van der Waals surface area contributed by atoms with Crippen LogP contribution in [0.2, 0.25) is 0 Å². The number of nitrogens with one attached hydrogen (secondary N) is 1. The molecule has 1 saturated heterocycles. The number of hydrogen-bond acceptors (Lipinski definition) is 4. The lowest BCUT2D eigenvalue weighted by Crippen LogP contribution is -2.29. The molecule has 1 aliphatic rings. The third kappa shape index (κ3) is 4.54. The number of carbonyl (C=O) groups excluding carboxylic acids is 1. The normalized spacial score (nSPS) is 14.8. The molecule has 0 atom stereocenters. The van der Waals surface area contributed by atoms with Crippen molar-refractivity contribution in [1.82, 2.24) is 5.32 Å². The van der Waals surface area contributed by atoms with Crippen LogP contribution in [0, 0.1) is 18.3 Å². The first-order chi connectivity index (χ1) is 12.7. The molecule has 1 fully saturated rings. The van der Waals surface area contributed by atoms with Crippen molar-refractivity contribution in [3.05, 3.63) is 59.1 Å². The quantitative estimate of drug-likeness (QED) is 0.658. The highest BCUT2D eigenvalue weighted by Gasteiger charge is 2.12. The van der Waals surface area contributed by atoms with Crippen LogP contribution < -0.4 is 10.2 Å². The number of rotatable bonds is 5. The number of nitrogens with zero attached hydrogens (tertiary/aromatic N) is 2. The lowest BCUT2D eigenvalue weighted by Gasteiger charge is -2.28. The second-order valence-corrected chi connectivity index (χ2v) is 6.50. The fourth-order valence-corrected chi connectivity index (χ4v) is 3.09. The minimum absolute atomic E-state index is 0.0824. The van der Waals surface area contributed by atoms with E-state index in [0.29, 0.717) is 5.76 Å². The Morgan fingerprint density at radius 2 is 1.92 bits per heavy atom. The number of benzene rings is 1. The minimum atomic E-state index is -0.401. The van der Waals surface area contributed by atoms with Crippen LogP contribution in [0.25, 0.3) is 6.08 Å². The van der Waals surface area contributed by atoms with Gasteiger partial charge < -0.3 is 14.6 Å². The van der Waals surface area contributed by atoms with E-state index in [9.17, 15) is 10.1 Å². The summed E-state index contributed by atoms with van der Waals surface area (Å²) in [7, 11) is 0. The molecule has 1 aliphatic heterocycles. The lowest BCUT2D eigenvalue weighted by atomic mass is 10.1. The van der Waals surface area contributed by atoms with Gasteiger partial charge in [0.05, 0.1) is 6.54 Å². The Balaban J connectivity index is 1.63. The van der Waals surface area contributed by atoms with Gasteiger partial charge in [-0.3, -0.25) is 4.79 Å². The maximum absolute atomic E-state index is 12.2. The van der Waals surface area contributed by atoms with E-state index in [-0.39, 0.29) is 12.1 Å². The molecule has 3 rings (SSSR count). The largest absolute Gasteiger partial charge is 0.465 e. The number of hydrogen-bond donors (Lipinski definition) is 1. The summed E-state index contributed by atoms with van der Waals surface area (Å²) in [6.07, 6.45) is 5.38. The molecule has 1 N–H and O–H groups in total. The summed E-state index contributed by atoms with van der Waals surface area (Å²) >= 11 is 0. The Kier molecular flexibility index (Phi) is 5.75. The highest BCUT2D eigenvalue weighted by atomic mass is 16.3. The molecule has 26 heavy (non-hydrogen) atoms. The van der Waals surface area contributed by atoms with Gasteiger partial charge in [-0.25, -0.2) is 0 Å². The average molecular weight is 349 g/mol. The molecular weight excluding hydrogens is 326 g/mol. The van der Waals surface area contributed by atoms with Crippen molar-refractivity contribution >= 4 is 17.7 Å². The van der Waals surface area contributed by atoms with E-state index < -0.39 is 5.91 Å². The predicted octanol–water partition coefficient (Wildman–Crippen LogP) is 3.80. The number of anilines is 1. The molecule has 0 aliphatic carbocycles. The van der Waals surface area contributed by atoms with Crippen LogP contribution >= 0.6 is 0 Å². The van der Waals surface area contributed by atoms with E-state index in [4.69, 9.17) is 4.42 Å². The van der Waals surface area contributed by atoms with Crippen LogP contribution in [0.5, 0.6) is 0 Å². The molecule has 2 heterocycles. The standard InChI is InChI=1S/C21H23N3O2/c1-16-5-10-20(26-16)15-23-21(25)18(14-22)13-17-6-8-19(9-7-17)24-11-3-2-4-12-24/h5-10,13H,2-4,11-12,15H2,1H3,(H,23,25). The monoisotopic (exact) mass is 349 g/mol. The Morgan fingerprint density at radius 1 is 1.19 bits per heavy atom. The van der Waals surface area contributed by atoms with E-state index in [1.54, 1.807) is 6.08 Å². The maximum atomic E-state index is 12.2. The predicted molar refractivity (Wildman–Crippen MR) is 101 cm³/mol. The van der Waals surface area contributed by atoms with Gasteiger partial charge in [-0.2, -0.15) is 5.26 Å². The molecule has 1 amide bonds. The van der Waals surface area contributed by atoms with Crippen LogP contribution in [-0.4, -0.2) is 19.0 Å². The summed E-state index contributed by atoms with van der Waals surface area (Å²) in [5.74, 6) is 1.06. The second kappa shape index (κ2) is 8.39. The van der Waals surface area contributed by atoms with Crippen LogP contribution in [0.1, 0.15) is 36.3 Å². The highest BCUT2D eigenvalue weighted by Crippen LogP contribution is 2.21. The molecule has 0 unspecified atom stereocenters. The van der Waals surface area contributed by atoms with Crippen LogP contribution in [0.3, 0.4) is 0 Å². The van der Waals surface area contributed by atoms with Gasteiger partial charge >= 0.3 is 0 Å². The molecule has 5 nitrogen and oxygen atoms in total. The lowest BCUT2D eigenvalue weighted by molar-refractivity contribution is -0.117. The third-order valence-corrected chi connectivity index (χ3v) is 4.51. The molecule has 2 aromatic rings. The molecule has 1 aromatic carbocycles. The Hall–Kier alpha value is -3.00. The zero-order valence-electron chi connectivity index (χ0n) is 15.0. The first-order valence-electron chi connectivity index (χ1n) is 8.96. The third-order valence-electron chi connectivity index (χ3n) is 4.51. The van der Waals surface area contributed by atoms with Gasteiger partial charge in [0.1, 0.15) is 23.2 Å². The van der Waals surface area contributed by atoms with Crippen LogP contribution in [-0.2, 0) is 11.3 Å². The van der Waals surface area contributed by atoms with E-state index in [1.807, 2.05) is 37.3 Å². The van der Waals surface area contributed by atoms with E-state index in [1.165, 1.54) is 24.9 Å². The van der Waals surface area contributed by atoms with Gasteiger partial charge in [0.15, 0.2) is 0 Å². The Bertz CT molecular complexity index is 822. The van der Waals surface area contributed by atoms with Crippen molar-refractivity contribution in [3.8, 4) is 6.07 Å². The van der Waals surface area contributed by atoms with Crippen LogP contribution in [0.4, 0.5) is 5.69 Å². The molecule has 0 bridgehead atoms. The van der Waals surface area contributed by atoms with E-state index in [0.717, 1.165) is 24.4 Å². The fraction of sp³-hybridized carbons (Fsp3) is 0.333. The molecule has 0 spiro atoms. The van der Waals surface area contributed by atoms with E-state index in [2.05, 4.69) is 22.3 Å². The van der Waals surface area contributed by atoms with E-state index >= 15 is 0 Å². The number of nitriles is 1. The number of amides is 1. The highest BCUT2D eigenvalue weighted by molar-refractivity contribution is 6.01. The smallest absolute Gasteiger partial charge is 0.262 e.